The lowest BCUT2D eigenvalue weighted by molar-refractivity contribution is 0.201. The van der Waals surface area contributed by atoms with Gasteiger partial charge in [0.1, 0.15) is 0 Å². The fraction of sp³-hybridized carbons (Fsp3) is 0.238. The van der Waals surface area contributed by atoms with Gasteiger partial charge in [-0.3, -0.25) is 4.90 Å². The molecule has 4 aromatic rings. The molecule has 0 radical (unpaired) electrons. The molecule has 1 aliphatic heterocycles. The summed E-state index contributed by atoms with van der Waals surface area (Å²) in [5.41, 5.74) is 2.01. The third-order valence-corrected chi connectivity index (χ3v) is 4.95. The van der Waals surface area contributed by atoms with Gasteiger partial charge in [-0.25, -0.2) is 9.97 Å². The minimum absolute atomic E-state index is 0.120. The number of benzene rings is 1. The summed E-state index contributed by atoms with van der Waals surface area (Å²) in [7, 11) is 0. The number of hydrogen-bond donors (Lipinski definition) is 0. The quantitative estimate of drug-likeness (QED) is 0.520. The first-order valence-electron chi connectivity index (χ1n) is 9.35. The second-order valence-corrected chi connectivity index (χ2v) is 6.84. The van der Waals surface area contributed by atoms with Crippen LogP contribution in [0.3, 0.4) is 0 Å². The van der Waals surface area contributed by atoms with Crippen LogP contribution in [0.2, 0.25) is 0 Å². The van der Waals surface area contributed by atoms with Crippen LogP contribution in [-0.4, -0.2) is 31.6 Å². The molecule has 1 aromatic carbocycles. The average molecular weight is 373 g/mol. The Labute approximate surface area is 162 Å². The largest absolute Gasteiger partial charge is 0.461 e. The Morgan fingerprint density at radius 1 is 1.00 bits per heavy atom. The van der Waals surface area contributed by atoms with Gasteiger partial charge in [-0.2, -0.15) is 4.98 Å². The maximum Gasteiger partial charge on any atom is 0.244 e. The number of likely N-dealkylation sites (tertiary alicyclic amines) is 1. The smallest absolute Gasteiger partial charge is 0.244 e. The zero-order valence-electron chi connectivity index (χ0n) is 15.2. The van der Waals surface area contributed by atoms with Crippen LogP contribution in [0.5, 0.6) is 0 Å². The number of rotatable bonds is 5. The first kappa shape index (κ1) is 16.8. The van der Waals surface area contributed by atoms with Gasteiger partial charge in [0.15, 0.2) is 11.6 Å². The predicted molar refractivity (Wildman–Crippen MR) is 102 cm³/mol. The van der Waals surface area contributed by atoms with Crippen molar-refractivity contribution in [2.45, 2.75) is 25.4 Å². The van der Waals surface area contributed by atoms with Crippen LogP contribution in [0, 0.1) is 0 Å². The van der Waals surface area contributed by atoms with E-state index >= 15 is 0 Å². The molecule has 1 atom stereocenters. The molecule has 1 saturated heterocycles. The minimum atomic E-state index is 0.120. The molecular weight excluding hydrogens is 354 g/mol. The normalized spacial score (nSPS) is 17.2. The summed E-state index contributed by atoms with van der Waals surface area (Å²) in [4.78, 5) is 15.8. The van der Waals surface area contributed by atoms with Gasteiger partial charge >= 0.3 is 0 Å². The Balaban J connectivity index is 1.31. The minimum Gasteiger partial charge on any atom is -0.461 e. The van der Waals surface area contributed by atoms with E-state index in [0.29, 0.717) is 23.3 Å². The molecule has 7 nitrogen and oxygen atoms in total. The molecule has 1 unspecified atom stereocenters. The van der Waals surface area contributed by atoms with Gasteiger partial charge in [-0.15, -0.1) is 0 Å². The lowest BCUT2D eigenvalue weighted by Gasteiger charge is -2.21. The Hall–Kier alpha value is -3.32. The molecule has 0 spiro atoms. The predicted octanol–water partition coefficient (Wildman–Crippen LogP) is 4.12. The second-order valence-electron chi connectivity index (χ2n) is 6.84. The summed E-state index contributed by atoms with van der Waals surface area (Å²) < 4.78 is 10.9. The molecule has 0 aliphatic carbocycles. The molecule has 0 bridgehead atoms. The highest BCUT2D eigenvalue weighted by atomic mass is 16.5. The SMILES string of the molecule is c1ccc(-c2noc(C3CCCN3Cc3cnc(-c4ccco4)nc3)n2)cc1. The van der Waals surface area contributed by atoms with Gasteiger partial charge in [0.05, 0.1) is 12.3 Å². The average Bonchev–Trinajstić information content (AvgIpc) is 3.51. The monoisotopic (exact) mass is 373 g/mol. The van der Waals surface area contributed by atoms with Gasteiger partial charge in [-0.1, -0.05) is 35.5 Å². The van der Waals surface area contributed by atoms with Crippen molar-refractivity contribution in [1.82, 2.24) is 25.0 Å². The van der Waals surface area contributed by atoms with E-state index in [-0.39, 0.29) is 6.04 Å². The molecule has 5 rings (SSSR count). The number of nitrogens with zero attached hydrogens (tertiary/aromatic N) is 5. The summed E-state index contributed by atoms with van der Waals surface area (Å²) in [5.74, 6) is 2.57. The van der Waals surface area contributed by atoms with E-state index in [0.717, 1.165) is 37.1 Å². The van der Waals surface area contributed by atoms with Gasteiger partial charge < -0.3 is 8.94 Å². The fourth-order valence-corrected chi connectivity index (χ4v) is 3.57. The number of hydrogen-bond acceptors (Lipinski definition) is 7. The van der Waals surface area contributed by atoms with Crippen molar-refractivity contribution in [2.24, 2.45) is 0 Å². The molecular formula is C21H19N5O2. The molecule has 1 aliphatic rings. The van der Waals surface area contributed by atoms with Crippen molar-refractivity contribution in [3.05, 3.63) is 72.6 Å². The van der Waals surface area contributed by atoms with Crippen LogP contribution in [0.25, 0.3) is 23.0 Å². The van der Waals surface area contributed by atoms with Gasteiger partial charge in [0.25, 0.3) is 0 Å². The maximum absolute atomic E-state index is 5.59. The number of aromatic nitrogens is 4. The Bertz CT molecular complexity index is 1030. The lowest BCUT2D eigenvalue weighted by atomic mass is 10.2. The molecule has 0 amide bonds. The van der Waals surface area contributed by atoms with E-state index < -0.39 is 0 Å². The summed E-state index contributed by atoms with van der Waals surface area (Å²) >= 11 is 0. The van der Waals surface area contributed by atoms with Crippen molar-refractivity contribution in [2.75, 3.05) is 6.54 Å². The Morgan fingerprint density at radius 2 is 1.86 bits per heavy atom. The molecule has 0 saturated carbocycles. The van der Waals surface area contributed by atoms with E-state index in [1.807, 2.05) is 54.9 Å². The van der Waals surface area contributed by atoms with Crippen LogP contribution >= 0.6 is 0 Å². The first-order chi connectivity index (χ1) is 13.9. The topological polar surface area (TPSA) is 81.1 Å². The molecule has 4 heterocycles. The van der Waals surface area contributed by atoms with E-state index in [1.54, 1.807) is 6.26 Å². The van der Waals surface area contributed by atoms with Crippen molar-refractivity contribution in [1.29, 1.82) is 0 Å². The van der Waals surface area contributed by atoms with E-state index in [4.69, 9.17) is 8.94 Å². The zero-order chi connectivity index (χ0) is 18.8. The summed E-state index contributed by atoms with van der Waals surface area (Å²) in [6.07, 6.45) is 7.42. The van der Waals surface area contributed by atoms with Crippen molar-refractivity contribution < 1.29 is 8.94 Å². The Morgan fingerprint density at radius 3 is 2.64 bits per heavy atom. The van der Waals surface area contributed by atoms with E-state index in [9.17, 15) is 0 Å². The highest BCUT2D eigenvalue weighted by Crippen LogP contribution is 2.33. The number of furan rings is 1. The van der Waals surface area contributed by atoms with Crippen molar-refractivity contribution >= 4 is 0 Å². The third-order valence-electron chi connectivity index (χ3n) is 4.95. The standard InChI is InChI=1S/C21H19N5O2/c1-2-6-16(7-3-1)19-24-21(28-25-19)17-8-4-10-26(17)14-15-12-22-20(23-13-15)18-9-5-11-27-18/h1-3,5-7,9,11-13,17H,4,8,10,14H2. The van der Waals surface area contributed by atoms with Crippen molar-refractivity contribution in [3.63, 3.8) is 0 Å². The summed E-state index contributed by atoms with van der Waals surface area (Å²) in [5, 5.41) is 4.16. The van der Waals surface area contributed by atoms with Crippen LogP contribution in [0.15, 0.2) is 70.1 Å². The highest BCUT2D eigenvalue weighted by molar-refractivity contribution is 5.53. The third kappa shape index (κ3) is 3.32. The summed E-state index contributed by atoms with van der Waals surface area (Å²) in [6.45, 7) is 1.72. The molecule has 1 fully saturated rings. The van der Waals surface area contributed by atoms with Gasteiger partial charge in [0, 0.05) is 30.1 Å². The lowest BCUT2D eigenvalue weighted by Crippen LogP contribution is -2.23. The second kappa shape index (κ2) is 7.36. The van der Waals surface area contributed by atoms with Crippen LogP contribution in [0.4, 0.5) is 0 Å². The molecule has 28 heavy (non-hydrogen) atoms. The zero-order valence-corrected chi connectivity index (χ0v) is 15.2. The van der Waals surface area contributed by atoms with E-state index in [2.05, 4.69) is 25.0 Å². The highest BCUT2D eigenvalue weighted by Gasteiger charge is 2.31. The fourth-order valence-electron chi connectivity index (χ4n) is 3.57. The van der Waals surface area contributed by atoms with Crippen LogP contribution < -0.4 is 0 Å². The molecule has 140 valence electrons. The molecule has 3 aromatic heterocycles. The van der Waals surface area contributed by atoms with Gasteiger partial charge in [0.2, 0.25) is 11.7 Å². The van der Waals surface area contributed by atoms with E-state index in [1.165, 1.54) is 0 Å². The Kier molecular flexibility index (Phi) is 4.42. The molecule has 0 N–H and O–H groups in total. The maximum atomic E-state index is 5.59. The van der Waals surface area contributed by atoms with Crippen LogP contribution in [0.1, 0.15) is 30.3 Å². The van der Waals surface area contributed by atoms with Crippen LogP contribution in [-0.2, 0) is 6.54 Å². The molecule has 7 heteroatoms. The summed E-state index contributed by atoms with van der Waals surface area (Å²) in [6, 6.07) is 13.7. The first-order valence-corrected chi connectivity index (χ1v) is 9.35. The van der Waals surface area contributed by atoms with Crippen molar-refractivity contribution in [3.8, 4) is 23.0 Å². The van der Waals surface area contributed by atoms with Gasteiger partial charge in [-0.05, 0) is 31.5 Å².